The molecule has 0 saturated carbocycles. The van der Waals surface area contributed by atoms with Gasteiger partial charge in [0.2, 0.25) is 5.91 Å². The maximum absolute atomic E-state index is 10.7. The van der Waals surface area contributed by atoms with E-state index in [0.29, 0.717) is 24.9 Å². The van der Waals surface area contributed by atoms with Crippen molar-refractivity contribution in [3.63, 3.8) is 0 Å². The first-order valence-corrected chi connectivity index (χ1v) is 10.0. The van der Waals surface area contributed by atoms with Crippen molar-refractivity contribution in [3.8, 4) is 17.2 Å². The molecule has 0 spiro atoms. The van der Waals surface area contributed by atoms with Gasteiger partial charge in [-0.05, 0) is 60.8 Å². The summed E-state index contributed by atoms with van der Waals surface area (Å²) in [4.78, 5) is 26.8. The second-order valence-electron chi connectivity index (χ2n) is 7.23. The fraction of sp³-hybridized carbons (Fsp3) is 0.217. The number of carbonyl (C=O) groups is 1. The van der Waals surface area contributed by atoms with Gasteiger partial charge in [-0.2, -0.15) is 6.41 Å². The number of aromatic amines is 2. The fourth-order valence-corrected chi connectivity index (χ4v) is 3.45. The van der Waals surface area contributed by atoms with Crippen LogP contribution in [0.4, 0.5) is 0 Å². The van der Waals surface area contributed by atoms with Crippen molar-refractivity contribution in [2.75, 3.05) is 13.1 Å². The molecule has 4 aromatic rings. The monoisotopic (exact) mass is 621 g/mol. The zero-order chi connectivity index (χ0) is 23.1. The van der Waals surface area contributed by atoms with Crippen LogP contribution in [-0.4, -0.2) is 50.7 Å². The Morgan fingerprint density at radius 1 is 0.970 bits per heavy atom. The second-order valence-corrected chi connectivity index (χ2v) is 7.23. The number of H-pyrrole nitrogens is 2. The average Bonchev–Trinajstić information content (AvgIpc) is 3.36. The van der Waals surface area contributed by atoms with E-state index in [9.17, 15) is 24.9 Å². The number of aromatic hydroxyl groups is 3. The first-order chi connectivity index (χ1) is 15.4. The summed E-state index contributed by atoms with van der Waals surface area (Å²) in [5.41, 5.74) is 3.68. The van der Waals surface area contributed by atoms with Crippen molar-refractivity contribution in [1.29, 1.82) is 0 Å². The number of fused-ring (bicyclic) bond motifs is 2. The van der Waals surface area contributed by atoms with Crippen LogP contribution in [0, 0.1) is 0 Å². The second kappa shape index (κ2) is 12.0. The molecule has 0 aliphatic carbocycles. The summed E-state index contributed by atoms with van der Waals surface area (Å²) in [5.74, 6) is -0.102. The molecule has 2 aromatic carbocycles. The van der Waals surface area contributed by atoms with E-state index in [4.69, 9.17) is 0 Å². The van der Waals surface area contributed by atoms with E-state index >= 15 is 0 Å². The van der Waals surface area contributed by atoms with Crippen molar-refractivity contribution in [2.24, 2.45) is 0 Å². The van der Waals surface area contributed by atoms with Crippen molar-refractivity contribution in [3.05, 3.63) is 53.9 Å². The van der Waals surface area contributed by atoms with E-state index in [1.54, 1.807) is 30.8 Å². The zero-order valence-electron chi connectivity index (χ0n) is 17.9. The Hall–Kier alpha value is -3.45. The zero-order valence-corrected chi connectivity index (χ0v) is 20.9. The molecule has 33 heavy (non-hydrogen) atoms. The minimum Gasteiger partial charge on any atom is -0.530 e. The quantitative estimate of drug-likeness (QED) is 0.0732. The normalized spacial score (nSPS) is 10.2. The largest absolute Gasteiger partial charge is 0.530 e. The number of aromatic nitrogens is 2. The summed E-state index contributed by atoms with van der Waals surface area (Å²) < 4.78 is 0. The van der Waals surface area contributed by atoms with Gasteiger partial charge in [0.1, 0.15) is 5.75 Å². The van der Waals surface area contributed by atoms with E-state index in [2.05, 4.69) is 20.6 Å². The van der Waals surface area contributed by atoms with E-state index in [1.807, 2.05) is 12.3 Å². The Kier molecular flexibility index (Phi) is 9.36. The van der Waals surface area contributed by atoms with Crippen LogP contribution < -0.4 is 10.6 Å². The van der Waals surface area contributed by atoms with Crippen LogP contribution in [0.15, 0.2) is 42.7 Å². The third-order valence-electron chi connectivity index (χ3n) is 4.99. The summed E-state index contributed by atoms with van der Waals surface area (Å²) in [7, 11) is 0. The minimum atomic E-state index is -0.141. The molecule has 10 heteroatoms. The predicted octanol–water partition coefficient (Wildman–Crippen LogP) is 2.33. The van der Waals surface area contributed by atoms with Crippen LogP contribution in [0.5, 0.6) is 17.2 Å². The molecule has 0 aliphatic heterocycles. The third kappa shape index (κ3) is 6.52. The van der Waals surface area contributed by atoms with Crippen LogP contribution in [-0.2, 0) is 43.5 Å². The Bertz CT molecular complexity index is 1230. The number of benzene rings is 2. The van der Waals surface area contributed by atoms with Gasteiger partial charge in [-0.1, -0.05) is 0 Å². The van der Waals surface area contributed by atoms with E-state index in [1.165, 1.54) is 13.0 Å². The summed E-state index contributed by atoms with van der Waals surface area (Å²) >= 11 is 0. The molecular weight excluding hydrogens is 596 g/mol. The summed E-state index contributed by atoms with van der Waals surface area (Å²) in [6, 6.07) is 8.32. The molecule has 2 amide bonds. The van der Waals surface area contributed by atoms with Gasteiger partial charge >= 0.3 is 0 Å². The molecule has 7 N–H and O–H groups in total. The number of rotatable bonds is 7. The van der Waals surface area contributed by atoms with Crippen LogP contribution in [0.3, 0.4) is 0 Å². The van der Waals surface area contributed by atoms with Crippen molar-refractivity contribution in [2.45, 2.75) is 19.8 Å². The summed E-state index contributed by atoms with van der Waals surface area (Å²) in [5, 5.41) is 35.3. The Labute approximate surface area is 204 Å². The van der Waals surface area contributed by atoms with Gasteiger partial charge in [0.05, 0.1) is 0 Å². The van der Waals surface area contributed by atoms with E-state index in [0.717, 1.165) is 34.0 Å². The predicted molar refractivity (Wildman–Crippen MR) is 121 cm³/mol. The molecule has 0 radical (unpaired) electrons. The summed E-state index contributed by atoms with van der Waals surface area (Å²) in [6.07, 6.45) is 6.60. The molecule has 0 bridgehead atoms. The number of carbonyl (C=O) groups excluding carboxylic acids is 2. The fourth-order valence-electron chi connectivity index (χ4n) is 3.45. The van der Waals surface area contributed by atoms with Crippen LogP contribution in [0.25, 0.3) is 21.8 Å². The molecule has 2 aromatic heterocycles. The molecule has 4 rings (SSSR count). The molecular formula is C23H25N4O5W-. The molecule has 0 atom stereocenters. The number of phenolic OH excluding ortho intramolecular Hbond substituents is 3. The van der Waals surface area contributed by atoms with Crippen LogP contribution >= 0.6 is 0 Å². The first-order valence-electron chi connectivity index (χ1n) is 10.0. The van der Waals surface area contributed by atoms with Crippen LogP contribution in [0.1, 0.15) is 18.1 Å². The molecule has 9 nitrogen and oxygen atoms in total. The van der Waals surface area contributed by atoms with Gasteiger partial charge < -0.3 is 40.7 Å². The molecule has 0 saturated heterocycles. The van der Waals surface area contributed by atoms with Crippen molar-refractivity contribution < 1.29 is 46.0 Å². The number of hydrogen-bond acceptors (Lipinski definition) is 5. The molecule has 174 valence electrons. The Morgan fingerprint density at radius 3 is 2.36 bits per heavy atom. The summed E-state index contributed by atoms with van der Waals surface area (Å²) in [6.45, 7) is 2.50. The number of nitrogens with one attached hydrogen (secondary N) is 4. The molecule has 0 fully saturated rings. The standard InChI is InChI=1S/C12H14N2O3.C11H11N2O2.W/c1-7(15)13-5-4-8-6-14-9-2-3-10(16)12(17)11(8)9;14-7-12-4-3-8-6-13-11-2-1-9(15)5-10(8)11;/h2-3,6,14,16-17H,4-5H2,1H3,(H,13,15);1-2,5-6,13,15H,3-4H2,(H,12,14);/q;-1;. The molecule has 0 unspecified atom stereocenters. The average molecular weight is 621 g/mol. The van der Waals surface area contributed by atoms with Crippen molar-refractivity contribution >= 4 is 34.1 Å². The van der Waals surface area contributed by atoms with E-state index in [-0.39, 0.29) is 44.2 Å². The topological polar surface area (TPSA) is 150 Å². The van der Waals surface area contributed by atoms with Gasteiger partial charge in [-0.15, -0.1) is 0 Å². The SMILES string of the molecule is CC(=O)NCCc1c[nH]c2ccc(O)c(O)c12.O=[C-]NCCc1c[nH]c2ccc(O)cc12.[W]. The van der Waals surface area contributed by atoms with Gasteiger partial charge in [-0.3, -0.25) is 4.79 Å². The first kappa shape index (κ1) is 25.8. The van der Waals surface area contributed by atoms with Crippen molar-refractivity contribution in [1.82, 2.24) is 20.6 Å². The van der Waals surface area contributed by atoms with Gasteiger partial charge in [-0.25, -0.2) is 0 Å². The van der Waals surface area contributed by atoms with Gasteiger partial charge in [0.15, 0.2) is 11.5 Å². The minimum absolute atomic E-state index is 0. The number of hydrogen-bond donors (Lipinski definition) is 7. The van der Waals surface area contributed by atoms with Gasteiger partial charge in [0.25, 0.3) is 0 Å². The Morgan fingerprint density at radius 2 is 1.64 bits per heavy atom. The number of amides is 2. The molecule has 2 heterocycles. The maximum Gasteiger partial charge on any atom is 0.216 e. The maximum atomic E-state index is 10.7. The molecule has 0 aliphatic rings. The number of phenols is 3. The Balaban J connectivity index is 0.000000228. The smallest absolute Gasteiger partial charge is 0.216 e. The van der Waals surface area contributed by atoms with Gasteiger partial charge in [0, 0.05) is 68.7 Å². The third-order valence-corrected chi connectivity index (χ3v) is 4.99. The van der Waals surface area contributed by atoms with E-state index < -0.39 is 0 Å². The van der Waals surface area contributed by atoms with Crippen LogP contribution in [0.2, 0.25) is 0 Å².